The minimum absolute atomic E-state index is 0.0425. The van der Waals surface area contributed by atoms with Gasteiger partial charge in [0.05, 0.1) is 12.3 Å². The van der Waals surface area contributed by atoms with Gasteiger partial charge in [-0.3, -0.25) is 9.69 Å². The summed E-state index contributed by atoms with van der Waals surface area (Å²) < 4.78 is 5.41. The Hall–Kier alpha value is -1.62. The minimum Gasteiger partial charge on any atom is -0.494 e. The zero-order valence-electron chi connectivity index (χ0n) is 10.8. The third-order valence-electron chi connectivity index (χ3n) is 3.60. The maximum atomic E-state index is 12.4. The van der Waals surface area contributed by atoms with Crippen LogP contribution in [-0.2, 0) is 4.79 Å². The minimum atomic E-state index is -0.0425. The van der Waals surface area contributed by atoms with Gasteiger partial charge in [0.1, 0.15) is 11.8 Å². The summed E-state index contributed by atoms with van der Waals surface area (Å²) in [5, 5.41) is 0.636. The second kappa shape index (κ2) is 4.81. The number of thiocarbonyl (C=S) groups is 1. The fourth-order valence-corrected chi connectivity index (χ4v) is 3.13. The van der Waals surface area contributed by atoms with Crippen LogP contribution in [0.5, 0.6) is 5.75 Å². The highest BCUT2D eigenvalue weighted by atomic mass is 32.1. The van der Waals surface area contributed by atoms with Crippen molar-refractivity contribution in [3.63, 3.8) is 0 Å². The van der Waals surface area contributed by atoms with Gasteiger partial charge in [-0.25, -0.2) is 0 Å². The van der Waals surface area contributed by atoms with E-state index in [0.717, 1.165) is 30.8 Å². The van der Waals surface area contributed by atoms with E-state index in [1.807, 2.05) is 36.1 Å². The van der Waals surface area contributed by atoms with E-state index in [2.05, 4.69) is 0 Å². The van der Waals surface area contributed by atoms with Gasteiger partial charge in [0.15, 0.2) is 5.11 Å². The van der Waals surface area contributed by atoms with E-state index in [9.17, 15) is 4.79 Å². The Morgan fingerprint density at radius 1 is 1.37 bits per heavy atom. The van der Waals surface area contributed by atoms with Crippen LogP contribution in [0.3, 0.4) is 0 Å². The molecule has 19 heavy (non-hydrogen) atoms. The molecule has 0 bridgehead atoms. The Morgan fingerprint density at radius 3 is 2.74 bits per heavy atom. The van der Waals surface area contributed by atoms with Crippen molar-refractivity contribution < 1.29 is 9.53 Å². The number of amides is 1. The van der Waals surface area contributed by atoms with Crippen LogP contribution in [0.1, 0.15) is 19.8 Å². The zero-order valence-corrected chi connectivity index (χ0v) is 11.7. The molecule has 0 aromatic heterocycles. The molecule has 100 valence electrons. The molecule has 2 aliphatic heterocycles. The molecule has 1 aromatic rings. The van der Waals surface area contributed by atoms with E-state index >= 15 is 0 Å². The number of fused-ring (bicyclic) bond motifs is 1. The fourth-order valence-electron chi connectivity index (χ4n) is 2.72. The number of carbonyl (C=O) groups excluding carboxylic acids is 1. The summed E-state index contributed by atoms with van der Waals surface area (Å²) in [4.78, 5) is 16.1. The van der Waals surface area contributed by atoms with Crippen LogP contribution in [0.15, 0.2) is 24.3 Å². The lowest BCUT2D eigenvalue weighted by atomic mass is 10.2. The lowest BCUT2D eigenvalue weighted by Crippen LogP contribution is -2.32. The van der Waals surface area contributed by atoms with E-state index in [1.54, 1.807) is 4.90 Å². The first-order valence-corrected chi connectivity index (χ1v) is 7.00. The van der Waals surface area contributed by atoms with Crippen LogP contribution in [0, 0.1) is 0 Å². The van der Waals surface area contributed by atoms with E-state index in [4.69, 9.17) is 17.0 Å². The number of carbonyl (C=O) groups is 1. The Labute approximate surface area is 117 Å². The summed E-state index contributed by atoms with van der Waals surface area (Å²) in [6.45, 7) is 3.47. The van der Waals surface area contributed by atoms with Crippen LogP contribution in [-0.4, -0.2) is 35.1 Å². The number of benzene rings is 1. The van der Waals surface area contributed by atoms with E-state index in [0.29, 0.717) is 11.7 Å². The van der Waals surface area contributed by atoms with E-state index in [-0.39, 0.29) is 11.9 Å². The van der Waals surface area contributed by atoms with Gasteiger partial charge in [-0.05, 0) is 56.2 Å². The number of nitrogens with zero attached hydrogens (tertiary/aromatic N) is 2. The Kier molecular flexibility index (Phi) is 3.14. The molecular formula is C14H16N2O2S. The standard InChI is InChI=1S/C14H16N2O2S/c1-2-18-11-7-5-10(6-8-11)16-13(17)12-4-3-9-15(12)14(16)19/h5-8,12H,2-4,9H2,1H3/t12-/m1/s1. The number of hydrogen-bond acceptors (Lipinski definition) is 3. The Balaban J connectivity index is 1.86. The fraction of sp³-hybridized carbons (Fsp3) is 0.429. The van der Waals surface area contributed by atoms with Gasteiger partial charge < -0.3 is 9.64 Å². The second-order valence-corrected chi connectivity index (χ2v) is 5.10. The first kappa shape index (κ1) is 12.4. The average Bonchev–Trinajstić information content (AvgIpc) is 2.97. The van der Waals surface area contributed by atoms with E-state index in [1.165, 1.54) is 0 Å². The van der Waals surface area contributed by atoms with E-state index < -0.39 is 0 Å². The Bertz CT molecular complexity index is 493. The van der Waals surface area contributed by atoms with Crippen molar-refractivity contribution in [2.24, 2.45) is 0 Å². The number of hydrogen-bond donors (Lipinski definition) is 0. The smallest absolute Gasteiger partial charge is 0.256 e. The van der Waals surface area contributed by atoms with Crippen LogP contribution >= 0.6 is 12.2 Å². The highest BCUT2D eigenvalue weighted by Crippen LogP contribution is 2.32. The maximum Gasteiger partial charge on any atom is 0.256 e. The molecule has 0 radical (unpaired) electrons. The summed E-state index contributed by atoms with van der Waals surface area (Å²) in [7, 11) is 0. The quantitative estimate of drug-likeness (QED) is 0.792. The molecule has 5 heteroatoms. The van der Waals surface area contributed by atoms with Crippen molar-refractivity contribution in [3.05, 3.63) is 24.3 Å². The second-order valence-electron chi connectivity index (χ2n) is 4.73. The van der Waals surface area contributed by atoms with Crippen molar-refractivity contribution in [1.82, 2.24) is 4.90 Å². The van der Waals surface area contributed by atoms with Crippen LogP contribution in [0.4, 0.5) is 5.69 Å². The maximum absolute atomic E-state index is 12.4. The number of anilines is 1. The normalized spacial score (nSPS) is 22.1. The van der Waals surface area contributed by atoms with Gasteiger partial charge >= 0.3 is 0 Å². The first-order chi connectivity index (χ1) is 9.22. The predicted octanol–water partition coefficient (Wildman–Crippen LogP) is 2.18. The van der Waals surface area contributed by atoms with Crippen LogP contribution in [0.25, 0.3) is 0 Å². The van der Waals surface area contributed by atoms with Crippen LogP contribution in [0.2, 0.25) is 0 Å². The predicted molar refractivity (Wildman–Crippen MR) is 77.4 cm³/mol. The summed E-state index contributed by atoms with van der Waals surface area (Å²) in [6, 6.07) is 7.48. The summed E-state index contributed by atoms with van der Waals surface area (Å²) in [5.41, 5.74) is 0.827. The molecule has 0 unspecified atom stereocenters. The van der Waals surface area contributed by atoms with Gasteiger partial charge in [0.2, 0.25) is 0 Å². The molecule has 0 aliphatic carbocycles. The van der Waals surface area contributed by atoms with Gasteiger partial charge in [-0.1, -0.05) is 0 Å². The van der Waals surface area contributed by atoms with Gasteiger partial charge in [0, 0.05) is 6.54 Å². The van der Waals surface area contributed by atoms with Crippen molar-refractivity contribution >= 4 is 28.9 Å². The van der Waals surface area contributed by atoms with Gasteiger partial charge in [-0.15, -0.1) is 0 Å². The Morgan fingerprint density at radius 2 is 2.11 bits per heavy atom. The third kappa shape index (κ3) is 1.98. The summed E-state index contributed by atoms with van der Waals surface area (Å²) in [5.74, 6) is 0.913. The molecular weight excluding hydrogens is 260 g/mol. The summed E-state index contributed by atoms with van der Waals surface area (Å²) in [6.07, 6.45) is 1.96. The van der Waals surface area contributed by atoms with Gasteiger partial charge in [0.25, 0.3) is 5.91 Å². The van der Waals surface area contributed by atoms with Crippen molar-refractivity contribution in [3.8, 4) is 5.75 Å². The molecule has 4 nitrogen and oxygen atoms in total. The average molecular weight is 276 g/mol. The molecule has 3 rings (SSSR count). The van der Waals surface area contributed by atoms with Gasteiger partial charge in [-0.2, -0.15) is 0 Å². The lowest BCUT2D eigenvalue weighted by molar-refractivity contribution is -0.119. The van der Waals surface area contributed by atoms with Crippen molar-refractivity contribution in [2.75, 3.05) is 18.1 Å². The monoisotopic (exact) mass is 276 g/mol. The molecule has 0 N–H and O–H groups in total. The molecule has 2 heterocycles. The molecule has 2 aliphatic rings. The highest BCUT2D eigenvalue weighted by molar-refractivity contribution is 7.80. The molecule has 2 saturated heterocycles. The molecule has 0 saturated carbocycles. The summed E-state index contributed by atoms with van der Waals surface area (Å²) >= 11 is 5.42. The number of ether oxygens (including phenoxy) is 1. The SMILES string of the molecule is CCOc1ccc(N2C(=O)[C@H]3CCCN3C2=S)cc1. The first-order valence-electron chi connectivity index (χ1n) is 6.60. The number of rotatable bonds is 3. The molecule has 2 fully saturated rings. The zero-order chi connectivity index (χ0) is 13.4. The molecule has 0 spiro atoms. The lowest BCUT2D eigenvalue weighted by Gasteiger charge is -2.19. The highest BCUT2D eigenvalue weighted by Gasteiger charge is 2.45. The third-order valence-corrected chi connectivity index (χ3v) is 4.02. The topological polar surface area (TPSA) is 32.8 Å². The molecule has 1 atom stereocenters. The molecule has 1 aromatic carbocycles. The van der Waals surface area contributed by atoms with Crippen molar-refractivity contribution in [1.29, 1.82) is 0 Å². The van der Waals surface area contributed by atoms with Crippen LogP contribution < -0.4 is 9.64 Å². The van der Waals surface area contributed by atoms with Crippen molar-refractivity contribution in [2.45, 2.75) is 25.8 Å². The molecule has 1 amide bonds. The largest absolute Gasteiger partial charge is 0.494 e.